The normalized spacial score (nSPS) is 10.7. The Hall–Kier alpha value is -0.460. The van der Waals surface area contributed by atoms with E-state index in [-0.39, 0.29) is 5.56 Å². The van der Waals surface area contributed by atoms with Crippen LogP contribution in [0.15, 0.2) is 23.1 Å². The van der Waals surface area contributed by atoms with Gasteiger partial charge in [-0.05, 0) is 34.7 Å². The first-order chi connectivity index (χ1) is 5.61. The molecule has 0 aliphatic heterocycles. The molecule has 66 valence electrons. The summed E-state index contributed by atoms with van der Waals surface area (Å²) >= 11 is 1.82. The lowest BCUT2D eigenvalue weighted by Gasteiger charge is -2.03. The molecule has 2 nitrogen and oxygen atoms in total. The Morgan fingerprint density at radius 1 is 1.58 bits per heavy atom. The average molecular weight is 285 g/mol. The maximum Gasteiger partial charge on any atom is 0.264 e. The third-order valence-corrected chi connectivity index (χ3v) is 2.13. The highest BCUT2D eigenvalue weighted by molar-refractivity contribution is 14.1. The predicted octanol–water partition coefficient (Wildman–Crippen LogP) is 1.72. The van der Waals surface area contributed by atoms with Gasteiger partial charge < -0.3 is 4.57 Å². The second-order valence-electron chi connectivity index (χ2n) is 2.20. The molecular formula is C7H6F2INO. The van der Waals surface area contributed by atoms with E-state index in [1.54, 1.807) is 12.1 Å². The van der Waals surface area contributed by atoms with Crippen LogP contribution in [-0.2, 0) is 6.54 Å². The first kappa shape index (κ1) is 9.63. The third kappa shape index (κ3) is 2.26. The van der Waals surface area contributed by atoms with Crippen LogP contribution >= 0.6 is 22.6 Å². The van der Waals surface area contributed by atoms with Gasteiger partial charge in [0.1, 0.15) is 0 Å². The fourth-order valence-electron chi connectivity index (χ4n) is 0.800. The summed E-state index contributed by atoms with van der Waals surface area (Å²) in [6, 6.07) is 3.16. The van der Waals surface area contributed by atoms with Crippen molar-refractivity contribution in [1.82, 2.24) is 4.57 Å². The SMILES string of the molecule is O=c1c(I)cccn1CC(F)F. The molecule has 12 heavy (non-hydrogen) atoms. The molecule has 1 aromatic heterocycles. The van der Waals surface area contributed by atoms with Crippen molar-refractivity contribution in [3.8, 4) is 0 Å². The van der Waals surface area contributed by atoms with Crippen molar-refractivity contribution < 1.29 is 8.78 Å². The number of hydrogen-bond donors (Lipinski definition) is 0. The molecule has 0 aliphatic rings. The Balaban J connectivity index is 3.01. The molecule has 0 unspecified atom stereocenters. The van der Waals surface area contributed by atoms with Gasteiger partial charge in [0, 0.05) is 6.20 Å². The van der Waals surface area contributed by atoms with Crippen LogP contribution < -0.4 is 5.56 Å². The zero-order chi connectivity index (χ0) is 9.14. The van der Waals surface area contributed by atoms with Crippen molar-refractivity contribution in [2.45, 2.75) is 13.0 Å². The molecule has 0 fully saturated rings. The number of nitrogens with zero attached hydrogens (tertiary/aromatic N) is 1. The minimum absolute atomic E-state index is 0.363. The number of pyridine rings is 1. The fourth-order valence-corrected chi connectivity index (χ4v) is 1.32. The number of aromatic nitrogens is 1. The Bertz CT molecular complexity index is 323. The second kappa shape index (κ2) is 3.97. The van der Waals surface area contributed by atoms with Crippen molar-refractivity contribution in [3.63, 3.8) is 0 Å². The van der Waals surface area contributed by atoms with Crippen LogP contribution in [0.2, 0.25) is 0 Å². The number of halogens is 3. The maximum absolute atomic E-state index is 11.9. The molecule has 0 aromatic carbocycles. The highest BCUT2D eigenvalue weighted by Gasteiger charge is 2.05. The van der Waals surface area contributed by atoms with E-state index in [2.05, 4.69) is 0 Å². The topological polar surface area (TPSA) is 22.0 Å². The molecular weight excluding hydrogens is 279 g/mol. The lowest BCUT2D eigenvalue weighted by molar-refractivity contribution is 0.125. The molecule has 0 aliphatic carbocycles. The molecule has 0 saturated carbocycles. The molecule has 1 heterocycles. The van der Waals surface area contributed by atoms with Crippen LogP contribution in [0.5, 0.6) is 0 Å². The van der Waals surface area contributed by atoms with Crippen LogP contribution in [0, 0.1) is 3.57 Å². The quantitative estimate of drug-likeness (QED) is 0.758. The maximum atomic E-state index is 11.9. The smallest absolute Gasteiger partial charge is 0.264 e. The zero-order valence-corrected chi connectivity index (χ0v) is 8.16. The molecule has 0 N–H and O–H groups in total. The second-order valence-corrected chi connectivity index (χ2v) is 3.37. The number of hydrogen-bond acceptors (Lipinski definition) is 1. The summed E-state index contributed by atoms with van der Waals surface area (Å²) in [6.07, 6.45) is -1.13. The summed E-state index contributed by atoms with van der Waals surface area (Å²) in [5.74, 6) is 0. The largest absolute Gasteiger partial charge is 0.309 e. The molecule has 0 bridgehead atoms. The third-order valence-electron chi connectivity index (χ3n) is 1.31. The van der Waals surface area contributed by atoms with Gasteiger partial charge >= 0.3 is 0 Å². The van der Waals surface area contributed by atoms with E-state index in [4.69, 9.17) is 0 Å². The minimum Gasteiger partial charge on any atom is -0.309 e. The summed E-state index contributed by atoms with van der Waals surface area (Å²) in [6.45, 7) is -0.532. The molecule has 0 atom stereocenters. The standard InChI is InChI=1S/C7H6F2INO/c8-6(9)4-11-3-1-2-5(10)7(11)12/h1-3,6H,4H2. The van der Waals surface area contributed by atoms with Gasteiger partial charge in [0.2, 0.25) is 0 Å². The van der Waals surface area contributed by atoms with Crippen molar-refractivity contribution in [3.05, 3.63) is 32.3 Å². The average Bonchev–Trinajstić information content (AvgIpc) is 1.98. The summed E-state index contributed by atoms with van der Waals surface area (Å²) in [4.78, 5) is 11.1. The summed E-state index contributed by atoms with van der Waals surface area (Å²) < 4.78 is 25.2. The van der Waals surface area contributed by atoms with Gasteiger partial charge in [-0.25, -0.2) is 8.78 Å². The van der Waals surface area contributed by atoms with Gasteiger partial charge in [-0.2, -0.15) is 0 Å². The van der Waals surface area contributed by atoms with Crippen LogP contribution in [-0.4, -0.2) is 11.0 Å². The lowest BCUT2D eigenvalue weighted by atomic mass is 10.4. The van der Waals surface area contributed by atoms with E-state index >= 15 is 0 Å². The van der Waals surface area contributed by atoms with Crippen molar-refractivity contribution in [2.24, 2.45) is 0 Å². The summed E-state index contributed by atoms with van der Waals surface area (Å²) in [7, 11) is 0. The molecule has 0 radical (unpaired) electrons. The van der Waals surface area contributed by atoms with E-state index < -0.39 is 13.0 Å². The molecule has 5 heteroatoms. The van der Waals surface area contributed by atoms with Crippen molar-refractivity contribution in [1.29, 1.82) is 0 Å². The van der Waals surface area contributed by atoms with Crippen LogP contribution in [0.3, 0.4) is 0 Å². The van der Waals surface area contributed by atoms with E-state index in [0.717, 1.165) is 4.57 Å². The summed E-state index contributed by atoms with van der Waals surface area (Å²) in [5.41, 5.74) is -0.363. The van der Waals surface area contributed by atoms with E-state index in [9.17, 15) is 13.6 Å². The van der Waals surface area contributed by atoms with Crippen molar-refractivity contribution in [2.75, 3.05) is 0 Å². The van der Waals surface area contributed by atoms with Crippen LogP contribution in [0.4, 0.5) is 8.78 Å². The Morgan fingerprint density at radius 2 is 2.25 bits per heavy atom. The van der Waals surface area contributed by atoms with Gasteiger partial charge in [-0.1, -0.05) is 0 Å². The minimum atomic E-state index is -2.49. The zero-order valence-electron chi connectivity index (χ0n) is 6.01. The van der Waals surface area contributed by atoms with Crippen molar-refractivity contribution >= 4 is 22.6 Å². The Labute approximate surface area is 81.3 Å². The summed E-state index contributed by atoms with van der Waals surface area (Å²) in [5, 5.41) is 0. The highest BCUT2D eigenvalue weighted by atomic mass is 127. The highest BCUT2D eigenvalue weighted by Crippen LogP contribution is 1.99. The fraction of sp³-hybridized carbons (Fsp3) is 0.286. The molecule has 0 amide bonds. The van der Waals surface area contributed by atoms with Gasteiger partial charge in [-0.3, -0.25) is 4.79 Å². The van der Waals surface area contributed by atoms with Gasteiger partial charge in [0.25, 0.3) is 12.0 Å². The molecule has 1 rings (SSSR count). The van der Waals surface area contributed by atoms with E-state index in [1.165, 1.54) is 6.20 Å². The number of rotatable bonds is 2. The Kier molecular flexibility index (Phi) is 3.19. The lowest BCUT2D eigenvalue weighted by Crippen LogP contribution is -2.24. The predicted molar refractivity (Wildman–Crippen MR) is 49.4 cm³/mol. The first-order valence-corrected chi connectivity index (χ1v) is 4.32. The van der Waals surface area contributed by atoms with Gasteiger partial charge in [0.05, 0.1) is 10.1 Å². The molecule has 0 saturated heterocycles. The molecule has 0 spiro atoms. The van der Waals surface area contributed by atoms with Gasteiger partial charge in [-0.15, -0.1) is 0 Å². The van der Waals surface area contributed by atoms with Crippen LogP contribution in [0.1, 0.15) is 0 Å². The molecule has 1 aromatic rings. The number of alkyl halides is 2. The first-order valence-electron chi connectivity index (χ1n) is 3.24. The van der Waals surface area contributed by atoms with E-state index in [0.29, 0.717) is 3.57 Å². The Morgan fingerprint density at radius 3 is 2.83 bits per heavy atom. The monoisotopic (exact) mass is 285 g/mol. The van der Waals surface area contributed by atoms with Crippen LogP contribution in [0.25, 0.3) is 0 Å². The van der Waals surface area contributed by atoms with Gasteiger partial charge in [0.15, 0.2) is 0 Å². The van der Waals surface area contributed by atoms with E-state index in [1.807, 2.05) is 22.6 Å².